The van der Waals surface area contributed by atoms with Crippen molar-refractivity contribution in [2.45, 2.75) is 18.8 Å². The zero-order valence-electron chi connectivity index (χ0n) is 13.1. The molecule has 1 N–H and O–H groups in total. The number of fused-ring (bicyclic) bond motifs is 2. The Morgan fingerprint density at radius 2 is 2.12 bits per heavy atom. The largest absolute Gasteiger partial charge is 0.440 e. The third-order valence-corrected chi connectivity index (χ3v) is 4.71. The maximum atomic E-state index is 5.99. The van der Waals surface area contributed by atoms with Gasteiger partial charge in [-0.1, -0.05) is 12.1 Å². The maximum absolute atomic E-state index is 5.99. The van der Waals surface area contributed by atoms with Crippen LogP contribution in [0.25, 0.3) is 22.1 Å². The Bertz CT molecular complexity index is 972. The van der Waals surface area contributed by atoms with Crippen LogP contribution >= 0.6 is 0 Å². The van der Waals surface area contributed by atoms with Crippen LogP contribution in [0.15, 0.2) is 47.3 Å². The van der Waals surface area contributed by atoms with Crippen LogP contribution in [0.2, 0.25) is 0 Å². The van der Waals surface area contributed by atoms with Crippen molar-refractivity contribution in [2.24, 2.45) is 0 Å². The van der Waals surface area contributed by atoms with Crippen molar-refractivity contribution in [3.63, 3.8) is 0 Å². The van der Waals surface area contributed by atoms with Crippen LogP contribution in [0.4, 0.5) is 5.82 Å². The number of hydrogen-bond donors (Lipinski definition) is 1. The lowest BCUT2D eigenvalue weighted by atomic mass is 9.98. The number of aromatic nitrogens is 4. The molecule has 0 amide bonds. The van der Waals surface area contributed by atoms with E-state index in [1.54, 1.807) is 6.33 Å². The van der Waals surface area contributed by atoms with Gasteiger partial charge in [0.25, 0.3) is 0 Å². The standard InChI is InChI=1S/C18H17N5O/c1-2-6-15-14(5-1)22-18(24-15)12-4-3-9-23(10-12)17-13-7-8-19-16(13)20-11-21-17/h1-2,5-8,11-12H,3-4,9-10H2,(H,19,20,21)/t12-/m0/s1. The average Bonchev–Trinajstić information content (AvgIpc) is 3.28. The predicted octanol–water partition coefficient (Wildman–Crippen LogP) is 3.48. The molecule has 0 radical (unpaired) electrons. The van der Waals surface area contributed by atoms with Crippen molar-refractivity contribution in [3.05, 3.63) is 48.7 Å². The van der Waals surface area contributed by atoms with Gasteiger partial charge < -0.3 is 14.3 Å². The minimum atomic E-state index is 0.287. The van der Waals surface area contributed by atoms with Gasteiger partial charge in [0.2, 0.25) is 0 Å². The monoisotopic (exact) mass is 319 g/mol. The number of piperidine rings is 1. The van der Waals surface area contributed by atoms with E-state index in [1.165, 1.54) is 0 Å². The number of oxazole rings is 1. The Morgan fingerprint density at radius 3 is 3.08 bits per heavy atom. The van der Waals surface area contributed by atoms with E-state index in [0.29, 0.717) is 0 Å². The smallest absolute Gasteiger partial charge is 0.200 e. The van der Waals surface area contributed by atoms with E-state index < -0.39 is 0 Å². The summed E-state index contributed by atoms with van der Waals surface area (Å²) in [4.78, 5) is 19.0. The highest BCUT2D eigenvalue weighted by Crippen LogP contribution is 2.32. The van der Waals surface area contributed by atoms with Crippen molar-refractivity contribution in [2.75, 3.05) is 18.0 Å². The third-order valence-electron chi connectivity index (χ3n) is 4.71. The number of para-hydroxylation sites is 2. The summed E-state index contributed by atoms with van der Waals surface area (Å²) in [7, 11) is 0. The summed E-state index contributed by atoms with van der Waals surface area (Å²) in [5.41, 5.74) is 2.67. The molecule has 1 saturated heterocycles. The first-order chi connectivity index (χ1) is 11.9. The molecule has 0 saturated carbocycles. The second-order valence-electron chi connectivity index (χ2n) is 6.24. The minimum absolute atomic E-state index is 0.287. The molecule has 1 aliphatic heterocycles. The van der Waals surface area contributed by atoms with Crippen molar-refractivity contribution in [3.8, 4) is 0 Å². The molecule has 6 nitrogen and oxygen atoms in total. The van der Waals surface area contributed by atoms with Crippen molar-refractivity contribution < 1.29 is 4.42 Å². The molecule has 4 heterocycles. The fourth-order valence-electron chi connectivity index (χ4n) is 3.55. The molecular weight excluding hydrogens is 302 g/mol. The molecule has 0 aliphatic carbocycles. The van der Waals surface area contributed by atoms with Crippen molar-refractivity contribution in [1.82, 2.24) is 19.9 Å². The summed E-state index contributed by atoms with van der Waals surface area (Å²) >= 11 is 0. The van der Waals surface area contributed by atoms with Gasteiger partial charge in [0, 0.05) is 19.3 Å². The number of nitrogens with zero attached hydrogens (tertiary/aromatic N) is 4. The van der Waals surface area contributed by atoms with Gasteiger partial charge in [-0.2, -0.15) is 0 Å². The molecule has 1 atom stereocenters. The van der Waals surface area contributed by atoms with Gasteiger partial charge in [-0.25, -0.2) is 15.0 Å². The molecule has 0 unspecified atom stereocenters. The second kappa shape index (κ2) is 5.33. The number of aromatic amines is 1. The molecule has 6 heteroatoms. The van der Waals surface area contributed by atoms with E-state index in [9.17, 15) is 0 Å². The Hall–Kier alpha value is -2.89. The second-order valence-corrected chi connectivity index (χ2v) is 6.24. The predicted molar refractivity (Wildman–Crippen MR) is 92.1 cm³/mol. The molecule has 1 aliphatic rings. The van der Waals surface area contributed by atoms with Crippen LogP contribution in [-0.2, 0) is 0 Å². The first-order valence-electron chi connectivity index (χ1n) is 8.27. The van der Waals surface area contributed by atoms with Gasteiger partial charge in [-0.05, 0) is 31.0 Å². The summed E-state index contributed by atoms with van der Waals surface area (Å²) in [5.74, 6) is 2.11. The molecule has 1 fully saturated rings. The lowest BCUT2D eigenvalue weighted by Gasteiger charge is -2.32. The lowest BCUT2D eigenvalue weighted by Crippen LogP contribution is -2.35. The Labute approximate surface area is 138 Å². The molecule has 24 heavy (non-hydrogen) atoms. The summed E-state index contributed by atoms with van der Waals surface area (Å²) < 4.78 is 5.99. The molecule has 0 bridgehead atoms. The molecule has 1 aromatic carbocycles. The highest BCUT2D eigenvalue weighted by atomic mass is 16.3. The SMILES string of the molecule is c1ccc2oc([C@H]3CCCN(c4ncnc5[nH]ccc45)C3)nc2c1. The Kier molecular flexibility index (Phi) is 3.01. The Morgan fingerprint density at radius 1 is 1.17 bits per heavy atom. The average molecular weight is 319 g/mol. The maximum Gasteiger partial charge on any atom is 0.200 e. The van der Waals surface area contributed by atoms with E-state index >= 15 is 0 Å². The highest BCUT2D eigenvalue weighted by Gasteiger charge is 2.27. The number of H-pyrrole nitrogens is 1. The summed E-state index contributed by atoms with van der Waals surface area (Å²) in [5, 5.41) is 1.07. The number of benzene rings is 1. The molecule has 4 aromatic rings. The molecule has 120 valence electrons. The van der Waals surface area contributed by atoms with Crippen LogP contribution < -0.4 is 4.90 Å². The zero-order valence-corrected chi connectivity index (χ0v) is 13.1. The molecule has 0 spiro atoms. The Balaban J connectivity index is 1.48. The van der Waals surface area contributed by atoms with Crippen LogP contribution in [0.3, 0.4) is 0 Å². The van der Waals surface area contributed by atoms with E-state index in [2.05, 4.69) is 24.8 Å². The number of hydrogen-bond acceptors (Lipinski definition) is 5. The summed E-state index contributed by atoms with van der Waals surface area (Å²) in [6, 6.07) is 9.98. The molecule has 3 aromatic heterocycles. The zero-order chi connectivity index (χ0) is 15.9. The highest BCUT2D eigenvalue weighted by molar-refractivity contribution is 5.87. The van der Waals surface area contributed by atoms with Gasteiger partial charge in [0.15, 0.2) is 11.5 Å². The number of nitrogens with one attached hydrogen (secondary N) is 1. The van der Waals surface area contributed by atoms with Gasteiger partial charge in [-0.3, -0.25) is 0 Å². The topological polar surface area (TPSA) is 70.8 Å². The van der Waals surface area contributed by atoms with Gasteiger partial charge >= 0.3 is 0 Å². The van der Waals surface area contributed by atoms with Gasteiger partial charge in [0.1, 0.15) is 23.3 Å². The fraction of sp³-hybridized carbons (Fsp3) is 0.278. The lowest BCUT2D eigenvalue weighted by molar-refractivity contribution is 0.413. The summed E-state index contributed by atoms with van der Waals surface area (Å²) in [6.07, 6.45) is 5.71. The van der Waals surface area contributed by atoms with Gasteiger partial charge in [-0.15, -0.1) is 0 Å². The number of anilines is 1. The van der Waals surface area contributed by atoms with E-state index in [-0.39, 0.29) is 5.92 Å². The molecular formula is C18H17N5O. The summed E-state index contributed by atoms with van der Waals surface area (Å²) in [6.45, 7) is 1.86. The van der Waals surface area contributed by atoms with Crippen molar-refractivity contribution >= 4 is 28.0 Å². The van der Waals surface area contributed by atoms with E-state index in [4.69, 9.17) is 4.42 Å². The van der Waals surface area contributed by atoms with Crippen LogP contribution in [0.1, 0.15) is 24.7 Å². The minimum Gasteiger partial charge on any atom is -0.440 e. The first kappa shape index (κ1) is 13.5. The first-order valence-corrected chi connectivity index (χ1v) is 8.27. The third kappa shape index (κ3) is 2.14. The van der Waals surface area contributed by atoms with Gasteiger partial charge in [0.05, 0.1) is 11.3 Å². The van der Waals surface area contributed by atoms with E-state index in [1.807, 2.05) is 36.5 Å². The van der Waals surface area contributed by atoms with Crippen LogP contribution in [0.5, 0.6) is 0 Å². The fourth-order valence-corrected chi connectivity index (χ4v) is 3.55. The quantitative estimate of drug-likeness (QED) is 0.612. The normalized spacial score (nSPS) is 18.5. The van der Waals surface area contributed by atoms with Crippen LogP contribution in [-0.4, -0.2) is 33.0 Å². The van der Waals surface area contributed by atoms with E-state index in [0.717, 1.165) is 59.8 Å². The van der Waals surface area contributed by atoms with Crippen molar-refractivity contribution in [1.29, 1.82) is 0 Å². The number of rotatable bonds is 2. The molecule has 5 rings (SSSR count). The van der Waals surface area contributed by atoms with Crippen LogP contribution in [0, 0.1) is 0 Å².